The quantitative estimate of drug-likeness (QED) is 0.738. The Kier molecular flexibility index (Phi) is 8.51. The molecule has 0 atom stereocenters. The number of rotatable bonds is 1. The van der Waals surface area contributed by atoms with Gasteiger partial charge in [0.1, 0.15) is 5.75 Å². The second kappa shape index (κ2) is 9.06. The van der Waals surface area contributed by atoms with Gasteiger partial charge in [0.15, 0.2) is 0 Å². The van der Waals surface area contributed by atoms with Gasteiger partial charge in [0.25, 0.3) is 0 Å². The maximum Gasteiger partial charge on any atom is 0.119 e. The van der Waals surface area contributed by atoms with E-state index in [0.29, 0.717) is 0 Å². The van der Waals surface area contributed by atoms with Gasteiger partial charge in [-0.05, 0) is 36.7 Å². The van der Waals surface area contributed by atoms with Crippen molar-refractivity contribution in [3.63, 3.8) is 0 Å². The number of likely N-dealkylation sites (N-methyl/N-ethyl adjacent to an activating group) is 1. The second-order valence-electron chi connectivity index (χ2n) is 3.62. The lowest BCUT2D eigenvalue weighted by molar-refractivity contribution is 0.311. The topological polar surface area (TPSA) is 12.5 Å². The van der Waals surface area contributed by atoms with E-state index >= 15 is 0 Å². The molecular weight excluding hydrogens is 210 g/mol. The van der Waals surface area contributed by atoms with Gasteiger partial charge in [-0.2, -0.15) is 0 Å². The third kappa shape index (κ3) is 4.78. The highest BCUT2D eigenvalue weighted by atomic mass is 16.5. The Hall–Kier alpha value is -1.02. The molecule has 1 aliphatic rings. The molecule has 0 radical (unpaired) electrons. The SMILES string of the molecule is CC.CC.COc1ccc2c(c1)CN(C)CC2. The van der Waals surface area contributed by atoms with Gasteiger partial charge in [0.05, 0.1) is 7.11 Å². The summed E-state index contributed by atoms with van der Waals surface area (Å²) in [6.45, 7) is 10.2. The van der Waals surface area contributed by atoms with E-state index < -0.39 is 0 Å². The summed E-state index contributed by atoms with van der Waals surface area (Å²) in [5, 5.41) is 0. The van der Waals surface area contributed by atoms with Crippen LogP contribution in [0.15, 0.2) is 18.2 Å². The first-order valence-corrected chi connectivity index (χ1v) is 6.64. The average molecular weight is 237 g/mol. The Bertz CT molecular complexity index is 310. The number of benzene rings is 1. The summed E-state index contributed by atoms with van der Waals surface area (Å²) in [7, 11) is 3.87. The van der Waals surface area contributed by atoms with Crippen molar-refractivity contribution in [2.75, 3.05) is 20.7 Å². The van der Waals surface area contributed by atoms with Crippen LogP contribution in [0.4, 0.5) is 0 Å². The van der Waals surface area contributed by atoms with E-state index in [1.807, 2.05) is 33.8 Å². The van der Waals surface area contributed by atoms with E-state index in [1.54, 1.807) is 7.11 Å². The fourth-order valence-electron chi connectivity index (χ4n) is 1.80. The van der Waals surface area contributed by atoms with Crippen LogP contribution in [0.2, 0.25) is 0 Å². The number of ether oxygens (including phenoxy) is 1. The van der Waals surface area contributed by atoms with Crippen LogP contribution >= 0.6 is 0 Å². The molecule has 17 heavy (non-hydrogen) atoms. The maximum atomic E-state index is 5.20. The van der Waals surface area contributed by atoms with Crippen LogP contribution in [0.5, 0.6) is 5.75 Å². The van der Waals surface area contributed by atoms with Crippen molar-refractivity contribution in [1.29, 1.82) is 0 Å². The second-order valence-corrected chi connectivity index (χ2v) is 3.62. The molecule has 1 aliphatic heterocycles. The lowest BCUT2D eigenvalue weighted by atomic mass is 10.00. The first-order chi connectivity index (χ1) is 8.29. The maximum absolute atomic E-state index is 5.20. The minimum absolute atomic E-state index is 0.967. The summed E-state index contributed by atoms with van der Waals surface area (Å²) < 4.78 is 5.20. The van der Waals surface area contributed by atoms with Crippen LogP contribution < -0.4 is 4.74 Å². The van der Waals surface area contributed by atoms with Crippen molar-refractivity contribution >= 4 is 0 Å². The minimum Gasteiger partial charge on any atom is -0.497 e. The molecule has 1 aromatic carbocycles. The molecule has 2 rings (SSSR count). The summed E-state index contributed by atoms with van der Waals surface area (Å²) in [5.41, 5.74) is 2.88. The molecule has 0 bridgehead atoms. The van der Waals surface area contributed by atoms with Crippen molar-refractivity contribution in [2.45, 2.75) is 40.7 Å². The summed E-state index contributed by atoms with van der Waals surface area (Å²) in [5.74, 6) is 0.967. The van der Waals surface area contributed by atoms with E-state index in [0.717, 1.165) is 18.7 Å². The van der Waals surface area contributed by atoms with Gasteiger partial charge < -0.3 is 9.64 Å². The van der Waals surface area contributed by atoms with Gasteiger partial charge in [-0.25, -0.2) is 0 Å². The highest BCUT2D eigenvalue weighted by Crippen LogP contribution is 2.22. The molecule has 1 heterocycles. The molecule has 0 N–H and O–H groups in total. The Morgan fingerprint density at radius 1 is 1.06 bits per heavy atom. The monoisotopic (exact) mass is 237 g/mol. The molecule has 0 fully saturated rings. The van der Waals surface area contributed by atoms with Gasteiger partial charge in [-0.3, -0.25) is 0 Å². The first-order valence-electron chi connectivity index (χ1n) is 6.64. The van der Waals surface area contributed by atoms with Gasteiger partial charge in [-0.15, -0.1) is 0 Å². The Morgan fingerprint density at radius 2 is 1.71 bits per heavy atom. The molecule has 2 nitrogen and oxygen atoms in total. The Morgan fingerprint density at radius 3 is 2.29 bits per heavy atom. The third-order valence-electron chi connectivity index (χ3n) is 2.62. The number of fused-ring (bicyclic) bond motifs is 1. The Labute approximate surface area is 107 Å². The van der Waals surface area contributed by atoms with Crippen LogP contribution in [-0.4, -0.2) is 25.6 Å². The highest BCUT2D eigenvalue weighted by Gasteiger charge is 2.12. The van der Waals surface area contributed by atoms with E-state index in [2.05, 4.69) is 24.1 Å². The molecule has 98 valence electrons. The molecule has 0 spiro atoms. The molecule has 2 heteroatoms. The minimum atomic E-state index is 0.967. The van der Waals surface area contributed by atoms with Crippen molar-refractivity contribution in [1.82, 2.24) is 4.90 Å². The van der Waals surface area contributed by atoms with Crippen molar-refractivity contribution in [3.8, 4) is 5.75 Å². The van der Waals surface area contributed by atoms with Gasteiger partial charge in [0.2, 0.25) is 0 Å². The van der Waals surface area contributed by atoms with Gasteiger partial charge in [-0.1, -0.05) is 33.8 Å². The Balaban J connectivity index is 0.000000581. The molecular formula is C15H27NO. The molecule has 0 saturated heterocycles. The fourth-order valence-corrected chi connectivity index (χ4v) is 1.80. The van der Waals surface area contributed by atoms with E-state index in [1.165, 1.54) is 17.7 Å². The van der Waals surface area contributed by atoms with E-state index in [-0.39, 0.29) is 0 Å². The smallest absolute Gasteiger partial charge is 0.119 e. The summed E-state index contributed by atoms with van der Waals surface area (Å²) in [6, 6.07) is 6.37. The van der Waals surface area contributed by atoms with Crippen LogP contribution in [0, 0.1) is 0 Å². The standard InChI is InChI=1S/C11H15NO.2C2H6/c1-12-6-5-9-3-4-11(13-2)7-10(9)8-12;2*1-2/h3-4,7H,5-6,8H2,1-2H3;2*1-2H3. The van der Waals surface area contributed by atoms with Crippen molar-refractivity contribution < 1.29 is 4.74 Å². The molecule has 0 aromatic heterocycles. The van der Waals surface area contributed by atoms with Crippen molar-refractivity contribution in [3.05, 3.63) is 29.3 Å². The number of hydrogen-bond donors (Lipinski definition) is 0. The highest BCUT2D eigenvalue weighted by molar-refractivity contribution is 5.36. The summed E-state index contributed by atoms with van der Waals surface area (Å²) in [4.78, 5) is 2.34. The van der Waals surface area contributed by atoms with E-state index in [4.69, 9.17) is 4.74 Å². The largest absolute Gasteiger partial charge is 0.497 e. The van der Waals surface area contributed by atoms with E-state index in [9.17, 15) is 0 Å². The van der Waals surface area contributed by atoms with Crippen LogP contribution in [0.3, 0.4) is 0 Å². The first kappa shape index (κ1) is 16.0. The molecule has 0 unspecified atom stereocenters. The predicted octanol–water partition coefficient (Wildman–Crippen LogP) is 3.74. The van der Waals surface area contributed by atoms with Gasteiger partial charge >= 0.3 is 0 Å². The van der Waals surface area contributed by atoms with Crippen LogP contribution in [-0.2, 0) is 13.0 Å². The zero-order chi connectivity index (χ0) is 13.3. The van der Waals surface area contributed by atoms with Crippen molar-refractivity contribution in [2.24, 2.45) is 0 Å². The van der Waals surface area contributed by atoms with Crippen LogP contribution in [0.25, 0.3) is 0 Å². The predicted molar refractivity (Wildman–Crippen MR) is 75.7 cm³/mol. The van der Waals surface area contributed by atoms with Gasteiger partial charge in [0, 0.05) is 13.1 Å². The molecule has 1 aromatic rings. The third-order valence-corrected chi connectivity index (χ3v) is 2.62. The average Bonchev–Trinajstić information content (AvgIpc) is 2.42. The molecule has 0 saturated carbocycles. The van der Waals surface area contributed by atoms with Crippen LogP contribution in [0.1, 0.15) is 38.8 Å². The molecule has 0 amide bonds. The fraction of sp³-hybridized carbons (Fsp3) is 0.600. The summed E-state index contributed by atoms with van der Waals surface area (Å²) >= 11 is 0. The number of hydrogen-bond acceptors (Lipinski definition) is 2. The number of methoxy groups -OCH3 is 1. The lowest BCUT2D eigenvalue weighted by Gasteiger charge is -2.25. The summed E-state index contributed by atoms with van der Waals surface area (Å²) in [6.07, 6.45) is 1.16. The molecule has 0 aliphatic carbocycles. The zero-order valence-corrected chi connectivity index (χ0v) is 12.2. The normalized spacial score (nSPS) is 13.5. The number of nitrogens with zero attached hydrogens (tertiary/aromatic N) is 1. The lowest BCUT2D eigenvalue weighted by Crippen LogP contribution is -2.26. The zero-order valence-electron chi connectivity index (χ0n) is 12.2.